The molecule has 0 bridgehead atoms. The second kappa shape index (κ2) is 7.70. The number of para-hydroxylation sites is 1. The number of hydrogen-bond donors (Lipinski definition) is 0. The molecule has 2 aromatic carbocycles. The van der Waals surface area contributed by atoms with E-state index in [1.54, 1.807) is 23.5 Å². The number of piperazine rings is 1. The SMILES string of the molecule is COc1ccc(CN2CCN(Cc3nc4ccccc4s3)CC2)cc1F. The van der Waals surface area contributed by atoms with Crippen molar-refractivity contribution in [3.63, 3.8) is 0 Å². The van der Waals surface area contributed by atoms with Gasteiger partial charge in [-0.1, -0.05) is 18.2 Å². The fourth-order valence-corrected chi connectivity index (χ4v) is 4.36. The van der Waals surface area contributed by atoms with E-state index in [1.807, 2.05) is 12.1 Å². The molecule has 1 aromatic heterocycles. The van der Waals surface area contributed by atoms with E-state index in [9.17, 15) is 4.39 Å². The van der Waals surface area contributed by atoms with Crippen molar-refractivity contribution >= 4 is 21.6 Å². The highest BCUT2D eigenvalue weighted by atomic mass is 32.1. The van der Waals surface area contributed by atoms with Gasteiger partial charge in [-0.2, -0.15) is 0 Å². The van der Waals surface area contributed by atoms with Crippen molar-refractivity contribution in [3.8, 4) is 5.75 Å². The van der Waals surface area contributed by atoms with Crippen LogP contribution in [-0.4, -0.2) is 48.1 Å². The van der Waals surface area contributed by atoms with Gasteiger partial charge in [0.2, 0.25) is 0 Å². The molecule has 0 aliphatic carbocycles. The van der Waals surface area contributed by atoms with Crippen LogP contribution in [0.25, 0.3) is 10.2 Å². The van der Waals surface area contributed by atoms with Crippen molar-refractivity contribution in [2.45, 2.75) is 13.1 Å². The van der Waals surface area contributed by atoms with Crippen molar-refractivity contribution in [2.75, 3.05) is 33.3 Å². The van der Waals surface area contributed by atoms with Crippen LogP contribution in [0.4, 0.5) is 4.39 Å². The predicted molar refractivity (Wildman–Crippen MR) is 103 cm³/mol. The first kappa shape index (κ1) is 17.4. The largest absolute Gasteiger partial charge is 0.494 e. The molecular formula is C20H22FN3OS. The maximum absolute atomic E-state index is 13.8. The number of nitrogens with zero attached hydrogens (tertiary/aromatic N) is 3. The van der Waals surface area contributed by atoms with Crippen molar-refractivity contribution in [1.29, 1.82) is 0 Å². The van der Waals surface area contributed by atoms with Crippen molar-refractivity contribution in [2.24, 2.45) is 0 Å². The Labute approximate surface area is 156 Å². The first-order valence-corrected chi connectivity index (χ1v) is 9.64. The van der Waals surface area contributed by atoms with Gasteiger partial charge in [-0.05, 0) is 29.8 Å². The molecule has 1 aliphatic rings. The van der Waals surface area contributed by atoms with E-state index in [2.05, 4.69) is 28.0 Å². The van der Waals surface area contributed by atoms with E-state index in [-0.39, 0.29) is 5.82 Å². The third kappa shape index (κ3) is 3.87. The molecule has 4 nitrogen and oxygen atoms in total. The zero-order chi connectivity index (χ0) is 17.9. The zero-order valence-electron chi connectivity index (χ0n) is 14.8. The average molecular weight is 371 g/mol. The summed E-state index contributed by atoms with van der Waals surface area (Å²) in [6, 6.07) is 13.5. The minimum Gasteiger partial charge on any atom is -0.494 e. The Morgan fingerprint density at radius 3 is 2.46 bits per heavy atom. The van der Waals surface area contributed by atoms with Crippen LogP contribution >= 0.6 is 11.3 Å². The lowest BCUT2D eigenvalue weighted by molar-refractivity contribution is 0.122. The van der Waals surface area contributed by atoms with Gasteiger partial charge in [-0.15, -0.1) is 11.3 Å². The maximum atomic E-state index is 13.8. The second-order valence-corrected chi connectivity index (χ2v) is 7.71. The maximum Gasteiger partial charge on any atom is 0.165 e. The summed E-state index contributed by atoms with van der Waals surface area (Å²) in [7, 11) is 1.49. The number of thiazole rings is 1. The zero-order valence-corrected chi connectivity index (χ0v) is 15.6. The molecule has 4 rings (SSSR count). The van der Waals surface area contributed by atoms with Crippen LogP contribution in [0.3, 0.4) is 0 Å². The molecule has 0 N–H and O–H groups in total. The summed E-state index contributed by atoms with van der Waals surface area (Å²) in [5, 5.41) is 1.18. The van der Waals surface area contributed by atoms with E-state index in [0.717, 1.165) is 50.3 Å². The molecule has 2 heterocycles. The van der Waals surface area contributed by atoms with Crippen molar-refractivity contribution in [1.82, 2.24) is 14.8 Å². The van der Waals surface area contributed by atoms with Crippen LogP contribution < -0.4 is 4.74 Å². The van der Waals surface area contributed by atoms with Gasteiger partial charge in [0.25, 0.3) is 0 Å². The lowest BCUT2D eigenvalue weighted by atomic mass is 10.2. The Balaban J connectivity index is 1.31. The number of halogens is 1. The Morgan fingerprint density at radius 1 is 1.04 bits per heavy atom. The molecule has 1 saturated heterocycles. The highest BCUT2D eigenvalue weighted by molar-refractivity contribution is 7.18. The Kier molecular flexibility index (Phi) is 5.15. The summed E-state index contributed by atoms with van der Waals surface area (Å²) in [4.78, 5) is 9.55. The van der Waals surface area contributed by atoms with Gasteiger partial charge in [0.1, 0.15) is 5.01 Å². The van der Waals surface area contributed by atoms with Gasteiger partial charge in [-0.25, -0.2) is 9.37 Å². The third-order valence-electron chi connectivity index (χ3n) is 4.78. The summed E-state index contributed by atoms with van der Waals surface area (Å²) in [5.41, 5.74) is 2.08. The number of hydrogen-bond acceptors (Lipinski definition) is 5. The molecule has 26 heavy (non-hydrogen) atoms. The van der Waals surface area contributed by atoms with Gasteiger partial charge in [0.15, 0.2) is 11.6 Å². The Hall–Kier alpha value is -2.02. The van der Waals surface area contributed by atoms with Crippen LogP contribution in [0.1, 0.15) is 10.6 Å². The van der Waals surface area contributed by atoms with Gasteiger partial charge in [0, 0.05) is 32.7 Å². The Morgan fingerprint density at radius 2 is 1.77 bits per heavy atom. The average Bonchev–Trinajstić information content (AvgIpc) is 3.06. The summed E-state index contributed by atoms with van der Waals surface area (Å²) in [5.74, 6) is 0.00822. The van der Waals surface area contributed by atoms with Crippen LogP contribution in [0, 0.1) is 5.82 Å². The fourth-order valence-electron chi connectivity index (χ4n) is 3.35. The molecule has 0 unspecified atom stereocenters. The summed E-state index contributed by atoms with van der Waals surface area (Å²) >= 11 is 1.78. The Bertz CT molecular complexity index is 857. The van der Waals surface area contributed by atoms with E-state index in [4.69, 9.17) is 9.72 Å². The number of fused-ring (bicyclic) bond motifs is 1. The van der Waals surface area contributed by atoms with Gasteiger partial charge in [-0.3, -0.25) is 9.80 Å². The summed E-state index contributed by atoms with van der Waals surface area (Å²) < 4.78 is 20.1. The van der Waals surface area contributed by atoms with Gasteiger partial charge in [0.05, 0.1) is 23.9 Å². The summed E-state index contributed by atoms with van der Waals surface area (Å²) in [6.07, 6.45) is 0. The van der Waals surface area contributed by atoms with Gasteiger partial charge >= 0.3 is 0 Å². The molecule has 1 aliphatic heterocycles. The van der Waals surface area contributed by atoms with Crippen LogP contribution in [0.15, 0.2) is 42.5 Å². The second-order valence-electron chi connectivity index (χ2n) is 6.60. The topological polar surface area (TPSA) is 28.6 Å². The van der Waals surface area contributed by atoms with E-state index in [1.165, 1.54) is 16.8 Å². The molecule has 136 valence electrons. The molecule has 0 spiro atoms. The number of rotatable bonds is 5. The quantitative estimate of drug-likeness (QED) is 0.683. The first-order chi connectivity index (χ1) is 12.7. The van der Waals surface area contributed by atoms with Crippen LogP contribution in [0.2, 0.25) is 0 Å². The summed E-state index contributed by atoms with van der Waals surface area (Å²) in [6.45, 7) is 5.67. The number of aromatic nitrogens is 1. The van der Waals surface area contributed by atoms with Gasteiger partial charge < -0.3 is 4.74 Å². The highest BCUT2D eigenvalue weighted by Gasteiger charge is 2.19. The first-order valence-electron chi connectivity index (χ1n) is 8.83. The minimum atomic E-state index is -0.292. The number of methoxy groups -OCH3 is 1. The molecule has 6 heteroatoms. The van der Waals surface area contributed by atoms with E-state index < -0.39 is 0 Å². The number of ether oxygens (including phenoxy) is 1. The monoisotopic (exact) mass is 371 g/mol. The van der Waals surface area contributed by atoms with Crippen LogP contribution in [-0.2, 0) is 13.1 Å². The van der Waals surface area contributed by atoms with Crippen LogP contribution in [0.5, 0.6) is 5.75 Å². The molecule has 0 radical (unpaired) electrons. The standard InChI is InChI=1S/C20H22FN3OS/c1-25-18-7-6-15(12-16(18)21)13-23-8-10-24(11-9-23)14-20-22-17-4-2-3-5-19(17)26-20/h2-7,12H,8-11,13-14H2,1H3. The van der Waals surface area contributed by atoms with E-state index >= 15 is 0 Å². The normalized spacial score (nSPS) is 16.2. The molecule has 0 atom stereocenters. The molecule has 0 saturated carbocycles. The van der Waals surface area contributed by atoms with Crippen molar-refractivity contribution in [3.05, 3.63) is 58.9 Å². The minimum absolute atomic E-state index is 0.292. The molecular weight excluding hydrogens is 349 g/mol. The fraction of sp³-hybridized carbons (Fsp3) is 0.350. The number of benzene rings is 2. The highest BCUT2D eigenvalue weighted by Crippen LogP contribution is 2.23. The smallest absolute Gasteiger partial charge is 0.165 e. The predicted octanol–water partition coefficient (Wildman–Crippen LogP) is 3.76. The lowest BCUT2D eigenvalue weighted by Gasteiger charge is -2.34. The molecule has 3 aromatic rings. The third-order valence-corrected chi connectivity index (χ3v) is 5.81. The molecule has 1 fully saturated rings. The lowest BCUT2D eigenvalue weighted by Crippen LogP contribution is -2.45. The van der Waals surface area contributed by atoms with E-state index in [0.29, 0.717) is 5.75 Å². The molecule has 0 amide bonds. The van der Waals surface area contributed by atoms with Crippen molar-refractivity contribution < 1.29 is 9.13 Å².